The molecular weight excluding hydrogens is 406 g/mol. The van der Waals surface area contributed by atoms with Gasteiger partial charge in [0.2, 0.25) is 5.91 Å². The van der Waals surface area contributed by atoms with Crippen LogP contribution in [0.1, 0.15) is 25.3 Å². The lowest BCUT2D eigenvalue weighted by atomic mass is 10.0. The molecule has 0 unspecified atom stereocenters. The predicted octanol–water partition coefficient (Wildman–Crippen LogP) is 4.22. The molecule has 0 saturated carbocycles. The van der Waals surface area contributed by atoms with Gasteiger partial charge in [-0.25, -0.2) is 0 Å². The van der Waals surface area contributed by atoms with Gasteiger partial charge in [-0.2, -0.15) is 8.78 Å². The Morgan fingerprint density at radius 3 is 2.77 bits per heavy atom. The minimum absolute atomic E-state index is 0.0281. The fraction of sp³-hybridized carbons (Fsp3) is 0.421. The van der Waals surface area contributed by atoms with E-state index in [9.17, 15) is 13.6 Å². The number of ether oxygens (including phenoxy) is 1. The van der Waals surface area contributed by atoms with Crippen LogP contribution in [0, 0.1) is 0 Å². The van der Waals surface area contributed by atoms with E-state index < -0.39 is 6.61 Å². The Balaban J connectivity index is 1.90. The summed E-state index contributed by atoms with van der Waals surface area (Å²) in [6.45, 7) is 5.73. The Bertz CT molecular complexity index is 672. The minimum Gasteiger partial charge on any atom is -0.434 e. The number of rotatable bonds is 7. The van der Waals surface area contributed by atoms with E-state index in [4.69, 9.17) is 0 Å². The maximum absolute atomic E-state index is 12.5. The van der Waals surface area contributed by atoms with Gasteiger partial charge in [0.15, 0.2) is 0 Å². The number of alkyl halides is 2. The molecule has 0 aromatic heterocycles. The van der Waals surface area contributed by atoms with Crippen LogP contribution in [0.3, 0.4) is 0 Å². The van der Waals surface area contributed by atoms with E-state index in [1.807, 2.05) is 6.92 Å². The molecule has 1 fully saturated rings. The van der Waals surface area contributed by atoms with Crippen molar-refractivity contribution in [2.24, 2.45) is 0 Å². The maximum atomic E-state index is 12.5. The van der Waals surface area contributed by atoms with E-state index in [2.05, 4.69) is 37.5 Å². The van der Waals surface area contributed by atoms with Gasteiger partial charge in [-0.1, -0.05) is 28.1 Å². The minimum atomic E-state index is -2.92. The lowest BCUT2D eigenvalue weighted by molar-refractivity contribution is -0.117. The summed E-state index contributed by atoms with van der Waals surface area (Å²) in [4.78, 5) is 14.5. The van der Waals surface area contributed by atoms with Gasteiger partial charge in [0, 0.05) is 41.8 Å². The van der Waals surface area contributed by atoms with Crippen LogP contribution in [0.25, 0.3) is 6.08 Å². The average molecular weight is 429 g/mol. The molecule has 0 radical (unpaired) electrons. The molecule has 1 aliphatic heterocycles. The number of hydrogen-bond donors (Lipinski definition) is 1. The third kappa shape index (κ3) is 6.88. The van der Waals surface area contributed by atoms with Crippen LogP contribution in [-0.2, 0) is 4.79 Å². The van der Waals surface area contributed by atoms with Gasteiger partial charge in [0.25, 0.3) is 0 Å². The highest BCUT2D eigenvalue weighted by atomic mass is 79.9. The number of halogens is 3. The number of nitrogens with zero attached hydrogens (tertiary/aromatic N) is 1. The van der Waals surface area contributed by atoms with E-state index in [-0.39, 0.29) is 17.7 Å². The average Bonchev–Trinajstić information content (AvgIpc) is 2.56. The molecule has 0 aliphatic carbocycles. The summed E-state index contributed by atoms with van der Waals surface area (Å²) >= 11 is 3.28. The molecule has 1 aromatic carbocycles. The summed E-state index contributed by atoms with van der Waals surface area (Å²) in [6.07, 6.45) is 4.58. The second-order valence-corrected chi connectivity index (χ2v) is 7.33. The largest absolute Gasteiger partial charge is 0.434 e. The van der Waals surface area contributed by atoms with Crippen molar-refractivity contribution < 1.29 is 18.3 Å². The molecule has 1 aliphatic rings. The lowest BCUT2D eigenvalue weighted by Gasteiger charge is -2.32. The molecule has 1 amide bonds. The summed E-state index contributed by atoms with van der Waals surface area (Å²) in [5.41, 5.74) is 1.54. The van der Waals surface area contributed by atoms with Crippen LogP contribution in [0.2, 0.25) is 0 Å². The van der Waals surface area contributed by atoms with Gasteiger partial charge in [0.1, 0.15) is 5.75 Å². The fourth-order valence-corrected chi connectivity index (χ4v) is 3.26. The Hall–Kier alpha value is -1.73. The first-order valence-electron chi connectivity index (χ1n) is 8.43. The standard InChI is InChI=1S/C19H23BrF2N2O2/c1-13(2)12-24-9-7-16(8-10-24)23-18(25)6-3-14-11-15(20)4-5-17(14)26-19(21)22/h3-6,11,16,19H,1,7-10,12H2,2H3,(H,23,25)/b6-3+. The number of amides is 1. The first-order valence-corrected chi connectivity index (χ1v) is 9.22. The summed E-state index contributed by atoms with van der Waals surface area (Å²) in [5, 5.41) is 2.96. The van der Waals surface area contributed by atoms with Crippen molar-refractivity contribution in [2.45, 2.75) is 32.4 Å². The third-order valence-corrected chi connectivity index (χ3v) is 4.52. The van der Waals surface area contributed by atoms with Crippen LogP contribution >= 0.6 is 15.9 Å². The van der Waals surface area contributed by atoms with Crippen LogP contribution < -0.4 is 10.1 Å². The highest BCUT2D eigenvalue weighted by Gasteiger charge is 2.19. The van der Waals surface area contributed by atoms with Gasteiger partial charge in [-0.15, -0.1) is 0 Å². The summed E-state index contributed by atoms with van der Waals surface area (Å²) in [6, 6.07) is 4.78. The Kier molecular flexibility index (Phi) is 7.78. The molecular formula is C19H23BrF2N2O2. The van der Waals surface area contributed by atoms with Crippen LogP contribution in [-0.4, -0.2) is 43.1 Å². The van der Waals surface area contributed by atoms with Gasteiger partial charge in [0.05, 0.1) is 0 Å². The first-order chi connectivity index (χ1) is 12.3. The molecule has 142 valence electrons. The maximum Gasteiger partial charge on any atom is 0.387 e. The zero-order chi connectivity index (χ0) is 19.1. The smallest absolute Gasteiger partial charge is 0.387 e. The molecule has 1 aromatic rings. The normalized spacial score (nSPS) is 16.2. The summed E-state index contributed by atoms with van der Waals surface area (Å²) in [5.74, 6) is -0.216. The summed E-state index contributed by atoms with van der Waals surface area (Å²) in [7, 11) is 0. The quantitative estimate of drug-likeness (QED) is 0.522. The number of piperidine rings is 1. The van der Waals surface area contributed by atoms with Gasteiger partial charge < -0.3 is 10.1 Å². The van der Waals surface area contributed by atoms with Gasteiger partial charge >= 0.3 is 6.61 Å². The van der Waals surface area contributed by atoms with Crippen molar-refractivity contribution in [1.82, 2.24) is 10.2 Å². The van der Waals surface area contributed by atoms with Crippen molar-refractivity contribution >= 4 is 27.9 Å². The predicted molar refractivity (Wildman–Crippen MR) is 102 cm³/mol. The number of hydrogen-bond acceptors (Lipinski definition) is 3. The second kappa shape index (κ2) is 9.83. The first kappa shape index (κ1) is 20.6. The molecule has 4 nitrogen and oxygen atoms in total. The van der Waals surface area contributed by atoms with Crippen LogP contribution in [0.5, 0.6) is 5.75 Å². The van der Waals surface area contributed by atoms with Crippen molar-refractivity contribution in [1.29, 1.82) is 0 Å². The SMILES string of the molecule is C=C(C)CN1CCC(NC(=O)/C=C/c2cc(Br)ccc2OC(F)F)CC1. The molecule has 26 heavy (non-hydrogen) atoms. The van der Waals surface area contributed by atoms with Crippen LogP contribution in [0.15, 0.2) is 40.9 Å². The topological polar surface area (TPSA) is 41.6 Å². The number of carbonyl (C=O) groups is 1. The molecule has 7 heteroatoms. The van der Waals surface area contributed by atoms with E-state index in [1.165, 1.54) is 18.2 Å². The van der Waals surface area contributed by atoms with E-state index in [1.54, 1.807) is 12.1 Å². The van der Waals surface area contributed by atoms with Crippen molar-refractivity contribution in [3.8, 4) is 5.75 Å². The number of likely N-dealkylation sites (tertiary alicyclic amines) is 1. The van der Waals surface area contributed by atoms with Gasteiger partial charge in [-0.05, 0) is 44.0 Å². The van der Waals surface area contributed by atoms with E-state index in [0.717, 1.165) is 38.0 Å². The Morgan fingerprint density at radius 2 is 2.15 bits per heavy atom. The Morgan fingerprint density at radius 1 is 1.46 bits per heavy atom. The van der Waals surface area contributed by atoms with Crippen LogP contribution in [0.4, 0.5) is 8.78 Å². The zero-order valence-electron chi connectivity index (χ0n) is 14.7. The molecule has 1 heterocycles. The van der Waals surface area contributed by atoms with Crippen molar-refractivity contribution in [2.75, 3.05) is 19.6 Å². The molecule has 1 saturated heterocycles. The van der Waals surface area contributed by atoms with Crippen molar-refractivity contribution in [3.05, 3.63) is 46.5 Å². The number of benzene rings is 1. The fourth-order valence-electron chi connectivity index (χ4n) is 2.88. The van der Waals surface area contributed by atoms with Gasteiger partial charge in [-0.3, -0.25) is 9.69 Å². The van der Waals surface area contributed by atoms with E-state index >= 15 is 0 Å². The van der Waals surface area contributed by atoms with Crippen molar-refractivity contribution in [3.63, 3.8) is 0 Å². The highest BCUT2D eigenvalue weighted by molar-refractivity contribution is 9.10. The lowest BCUT2D eigenvalue weighted by Crippen LogP contribution is -2.44. The van der Waals surface area contributed by atoms with E-state index in [0.29, 0.717) is 10.0 Å². The molecule has 2 rings (SSSR count). The highest BCUT2D eigenvalue weighted by Crippen LogP contribution is 2.26. The summed E-state index contributed by atoms with van der Waals surface area (Å²) < 4.78 is 30.1. The third-order valence-electron chi connectivity index (χ3n) is 4.03. The molecule has 0 spiro atoms. The Labute approximate surface area is 161 Å². The molecule has 0 atom stereocenters. The number of nitrogens with one attached hydrogen (secondary N) is 1. The monoisotopic (exact) mass is 428 g/mol. The zero-order valence-corrected chi connectivity index (χ0v) is 16.3. The second-order valence-electron chi connectivity index (χ2n) is 6.41. The molecule has 1 N–H and O–H groups in total. The molecule has 0 bridgehead atoms. The number of carbonyl (C=O) groups excluding carboxylic acids is 1.